The molecule has 2 aromatic rings. The lowest BCUT2D eigenvalue weighted by Crippen LogP contribution is -2.39. The lowest BCUT2D eigenvalue weighted by molar-refractivity contribution is -0.684. The molecule has 2 rings (SSSR count). The fraction of sp³-hybridized carbons (Fsp3) is 0.143. The smallest absolute Gasteiger partial charge is 0.290 e. The summed E-state index contributed by atoms with van der Waals surface area (Å²) in [5.41, 5.74) is 1.59. The third-order valence-corrected chi connectivity index (χ3v) is 3.24. The zero-order chi connectivity index (χ0) is 13.8. The molecule has 0 aliphatic rings. The molecule has 0 fully saturated rings. The van der Waals surface area contributed by atoms with Crippen LogP contribution in [-0.4, -0.2) is 5.91 Å². The van der Waals surface area contributed by atoms with Crippen LogP contribution in [0.15, 0.2) is 42.7 Å². The summed E-state index contributed by atoms with van der Waals surface area (Å²) >= 11 is 12.0. The van der Waals surface area contributed by atoms with Crippen LogP contribution in [-0.2, 0) is 11.3 Å². The van der Waals surface area contributed by atoms with Crippen molar-refractivity contribution in [1.82, 2.24) is 0 Å². The minimum atomic E-state index is -0.177. The third kappa shape index (κ3) is 3.69. The van der Waals surface area contributed by atoms with Gasteiger partial charge in [-0.3, -0.25) is 4.79 Å². The summed E-state index contributed by atoms with van der Waals surface area (Å²) in [5.74, 6) is -0.177. The largest absolute Gasteiger partial charge is 0.318 e. The first kappa shape index (κ1) is 13.8. The number of aromatic nitrogens is 1. The zero-order valence-corrected chi connectivity index (χ0v) is 11.9. The second-order valence-electron chi connectivity index (χ2n) is 4.19. The SMILES string of the molecule is Cc1cc[n+](CC(=O)Nc2c(Cl)cccc2Cl)cc1. The number of amides is 1. The minimum absolute atomic E-state index is 0.177. The molecular formula is C14H13Cl2N2O+. The molecule has 0 radical (unpaired) electrons. The first-order chi connectivity index (χ1) is 9.06. The Bertz CT molecular complexity index is 577. The van der Waals surface area contributed by atoms with Gasteiger partial charge in [0, 0.05) is 12.1 Å². The van der Waals surface area contributed by atoms with Crippen LogP contribution in [0.4, 0.5) is 5.69 Å². The number of nitrogens with zero attached hydrogens (tertiary/aromatic N) is 1. The zero-order valence-electron chi connectivity index (χ0n) is 10.4. The number of pyridine rings is 1. The summed E-state index contributed by atoms with van der Waals surface area (Å²) in [7, 11) is 0. The van der Waals surface area contributed by atoms with Gasteiger partial charge in [0.2, 0.25) is 6.54 Å². The van der Waals surface area contributed by atoms with Gasteiger partial charge in [0.15, 0.2) is 12.4 Å². The lowest BCUT2D eigenvalue weighted by Gasteiger charge is -2.07. The Balaban J connectivity index is 2.07. The lowest BCUT2D eigenvalue weighted by atomic mass is 10.3. The molecule has 0 unspecified atom stereocenters. The van der Waals surface area contributed by atoms with E-state index in [4.69, 9.17) is 23.2 Å². The van der Waals surface area contributed by atoms with Gasteiger partial charge in [-0.05, 0) is 24.6 Å². The molecule has 98 valence electrons. The normalized spacial score (nSPS) is 10.3. The predicted molar refractivity (Wildman–Crippen MR) is 76.5 cm³/mol. The molecule has 1 amide bonds. The Labute approximate surface area is 121 Å². The number of para-hydroxylation sites is 1. The second kappa shape index (κ2) is 6.04. The average molecular weight is 296 g/mol. The van der Waals surface area contributed by atoms with Crippen LogP contribution >= 0.6 is 23.2 Å². The molecule has 1 aromatic carbocycles. The number of aryl methyl sites for hydroxylation is 1. The van der Waals surface area contributed by atoms with Gasteiger partial charge in [-0.15, -0.1) is 0 Å². The summed E-state index contributed by atoms with van der Waals surface area (Å²) in [6, 6.07) is 8.98. The topological polar surface area (TPSA) is 33.0 Å². The van der Waals surface area contributed by atoms with Crippen molar-refractivity contribution in [3.8, 4) is 0 Å². The number of rotatable bonds is 3. The first-order valence-electron chi connectivity index (χ1n) is 5.76. The number of nitrogens with one attached hydrogen (secondary N) is 1. The van der Waals surface area contributed by atoms with Gasteiger partial charge in [0.05, 0.1) is 15.7 Å². The van der Waals surface area contributed by atoms with E-state index in [9.17, 15) is 4.79 Å². The van der Waals surface area contributed by atoms with Crippen LogP contribution in [0.25, 0.3) is 0 Å². The molecule has 5 heteroatoms. The van der Waals surface area contributed by atoms with Crippen LogP contribution in [0.2, 0.25) is 10.0 Å². The molecule has 1 aromatic heterocycles. The quantitative estimate of drug-likeness (QED) is 0.867. The van der Waals surface area contributed by atoms with Crippen LogP contribution < -0.4 is 9.88 Å². The molecule has 0 saturated heterocycles. The fourth-order valence-electron chi connectivity index (χ4n) is 1.60. The minimum Gasteiger partial charge on any atom is -0.318 e. The Hall–Kier alpha value is -1.58. The standard InChI is InChI=1S/C14H12Cl2N2O/c1-10-5-7-18(8-6-10)9-13(19)17-14-11(15)3-2-4-12(14)16/h2-8H,9H2,1H3/p+1. The summed E-state index contributed by atoms with van der Waals surface area (Å²) < 4.78 is 1.78. The molecule has 1 heterocycles. The Morgan fingerprint density at radius 2 is 1.74 bits per heavy atom. The van der Waals surface area contributed by atoms with Gasteiger partial charge in [0.25, 0.3) is 5.91 Å². The highest BCUT2D eigenvalue weighted by atomic mass is 35.5. The molecule has 0 aliphatic heterocycles. The monoisotopic (exact) mass is 295 g/mol. The van der Waals surface area contributed by atoms with Crippen molar-refractivity contribution in [1.29, 1.82) is 0 Å². The van der Waals surface area contributed by atoms with E-state index < -0.39 is 0 Å². The summed E-state index contributed by atoms with van der Waals surface area (Å²) in [6.07, 6.45) is 3.70. The second-order valence-corrected chi connectivity index (χ2v) is 5.01. The van der Waals surface area contributed by atoms with Gasteiger partial charge >= 0.3 is 0 Å². The number of carbonyl (C=O) groups excluding carboxylic acids is 1. The van der Waals surface area contributed by atoms with E-state index in [2.05, 4.69) is 5.32 Å². The number of carbonyl (C=O) groups is 1. The average Bonchev–Trinajstić information content (AvgIpc) is 2.37. The van der Waals surface area contributed by atoms with Crippen LogP contribution in [0, 0.1) is 6.92 Å². The third-order valence-electron chi connectivity index (χ3n) is 2.61. The van der Waals surface area contributed by atoms with E-state index in [-0.39, 0.29) is 12.5 Å². The molecule has 0 saturated carbocycles. The highest BCUT2D eigenvalue weighted by Gasteiger charge is 2.13. The van der Waals surface area contributed by atoms with Crippen LogP contribution in [0.1, 0.15) is 5.56 Å². The van der Waals surface area contributed by atoms with Crippen molar-refractivity contribution in [3.63, 3.8) is 0 Å². The van der Waals surface area contributed by atoms with Gasteiger partial charge in [-0.1, -0.05) is 29.3 Å². The Morgan fingerprint density at radius 3 is 2.32 bits per heavy atom. The van der Waals surface area contributed by atoms with Gasteiger partial charge < -0.3 is 5.32 Å². The number of halogens is 2. The van der Waals surface area contributed by atoms with E-state index in [1.807, 2.05) is 31.5 Å². The van der Waals surface area contributed by atoms with Gasteiger partial charge in [0.1, 0.15) is 0 Å². The maximum atomic E-state index is 11.9. The number of benzene rings is 1. The van der Waals surface area contributed by atoms with Crippen LogP contribution in [0.3, 0.4) is 0 Å². The molecule has 3 nitrogen and oxygen atoms in total. The molecule has 0 aliphatic carbocycles. The van der Waals surface area contributed by atoms with Crippen molar-refractivity contribution in [2.75, 3.05) is 5.32 Å². The summed E-state index contributed by atoms with van der Waals surface area (Å²) in [6.45, 7) is 2.20. The summed E-state index contributed by atoms with van der Waals surface area (Å²) in [5, 5.41) is 3.57. The Morgan fingerprint density at radius 1 is 1.16 bits per heavy atom. The maximum absolute atomic E-state index is 11.9. The predicted octanol–water partition coefficient (Wildman–Crippen LogP) is 3.23. The Kier molecular flexibility index (Phi) is 4.40. The van der Waals surface area contributed by atoms with E-state index in [1.165, 1.54) is 0 Å². The van der Waals surface area contributed by atoms with E-state index in [0.717, 1.165) is 5.56 Å². The number of hydrogen-bond acceptors (Lipinski definition) is 1. The van der Waals surface area contributed by atoms with Crippen molar-refractivity contribution >= 4 is 34.8 Å². The molecule has 0 bridgehead atoms. The van der Waals surface area contributed by atoms with Crippen molar-refractivity contribution in [2.45, 2.75) is 13.5 Å². The molecule has 0 atom stereocenters. The first-order valence-corrected chi connectivity index (χ1v) is 6.51. The van der Waals surface area contributed by atoms with Crippen molar-refractivity contribution < 1.29 is 9.36 Å². The number of anilines is 1. The highest BCUT2D eigenvalue weighted by Crippen LogP contribution is 2.29. The van der Waals surface area contributed by atoms with Crippen molar-refractivity contribution in [2.24, 2.45) is 0 Å². The van der Waals surface area contributed by atoms with Crippen molar-refractivity contribution in [3.05, 3.63) is 58.3 Å². The maximum Gasteiger partial charge on any atom is 0.290 e. The highest BCUT2D eigenvalue weighted by molar-refractivity contribution is 6.39. The van der Waals surface area contributed by atoms with E-state index in [0.29, 0.717) is 15.7 Å². The molecule has 0 spiro atoms. The van der Waals surface area contributed by atoms with Gasteiger partial charge in [-0.25, -0.2) is 0 Å². The van der Waals surface area contributed by atoms with Gasteiger partial charge in [-0.2, -0.15) is 4.57 Å². The van der Waals surface area contributed by atoms with E-state index in [1.54, 1.807) is 22.8 Å². The van der Waals surface area contributed by atoms with Crippen LogP contribution in [0.5, 0.6) is 0 Å². The molecular weight excluding hydrogens is 283 g/mol. The summed E-state index contributed by atoms with van der Waals surface area (Å²) in [4.78, 5) is 11.9. The van der Waals surface area contributed by atoms with E-state index >= 15 is 0 Å². The fourth-order valence-corrected chi connectivity index (χ4v) is 2.09. The molecule has 1 N–H and O–H groups in total. The molecule has 19 heavy (non-hydrogen) atoms. The number of hydrogen-bond donors (Lipinski definition) is 1.